The summed E-state index contributed by atoms with van der Waals surface area (Å²) in [5.74, 6) is 1.03. The second-order valence-corrected chi connectivity index (χ2v) is 9.84. The van der Waals surface area contributed by atoms with Crippen LogP contribution in [0.25, 0.3) is 0 Å². The van der Waals surface area contributed by atoms with E-state index >= 15 is 0 Å². The molecule has 0 saturated heterocycles. The van der Waals surface area contributed by atoms with Crippen LogP contribution >= 0.6 is 22.6 Å². The van der Waals surface area contributed by atoms with E-state index < -0.39 is 11.9 Å². The summed E-state index contributed by atoms with van der Waals surface area (Å²) < 4.78 is 6.07. The SMILES string of the molecule is O=C(COC(=O)CNC(=O)C12CC3CC(CC(C3)C1)C2)Nc1ccc(I)cc1. The summed E-state index contributed by atoms with van der Waals surface area (Å²) in [7, 11) is 0. The van der Waals surface area contributed by atoms with Crippen molar-refractivity contribution in [2.75, 3.05) is 18.5 Å². The topological polar surface area (TPSA) is 84.5 Å². The molecule has 4 fully saturated rings. The summed E-state index contributed by atoms with van der Waals surface area (Å²) in [6, 6.07) is 7.32. The molecule has 0 aliphatic heterocycles. The first-order valence-electron chi connectivity index (χ1n) is 9.91. The predicted octanol–water partition coefficient (Wildman–Crippen LogP) is 3.11. The van der Waals surface area contributed by atoms with Crippen LogP contribution in [0, 0.1) is 26.7 Å². The fourth-order valence-electron chi connectivity index (χ4n) is 5.66. The van der Waals surface area contributed by atoms with Gasteiger partial charge < -0.3 is 15.4 Å². The van der Waals surface area contributed by atoms with Gasteiger partial charge in [0.2, 0.25) is 5.91 Å². The number of halogens is 1. The molecule has 28 heavy (non-hydrogen) atoms. The van der Waals surface area contributed by atoms with E-state index in [0.717, 1.165) is 22.8 Å². The van der Waals surface area contributed by atoms with Gasteiger partial charge in [0.15, 0.2) is 6.61 Å². The molecule has 4 aliphatic rings. The van der Waals surface area contributed by atoms with E-state index in [4.69, 9.17) is 4.74 Å². The maximum absolute atomic E-state index is 12.8. The number of anilines is 1. The molecule has 4 bridgehead atoms. The van der Waals surface area contributed by atoms with Gasteiger partial charge in [-0.3, -0.25) is 14.4 Å². The number of amides is 2. The van der Waals surface area contributed by atoms with E-state index in [-0.39, 0.29) is 24.5 Å². The van der Waals surface area contributed by atoms with Crippen LogP contribution in [0.3, 0.4) is 0 Å². The molecule has 1 aromatic carbocycles. The number of carbonyl (C=O) groups excluding carboxylic acids is 3. The Kier molecular flexibility index (Phi) is 5.62. The molecule has 0 heterocycles. The molecule has 2 amide bonds. The largest absolute Gasteiger partial charge is 0.454 e. The number of rotatable bonds is 6. The number of hydrogen-bond donors (Lipinski definition) is 2. The van der Waals surface area contributed by atoms with E-state index in [1.165, 1.54) is 19.3 Å². The van der Waals surface area contributed by atoms with Crippen molar-refractivity contribution in [1.29, 1.82) is 0 Å². The third-order valence-electron chi connectivity index (χ3n) is 6.41. The monoisotopic (exact) mass is 496 g/mol. The van der Waals surface area contributed by atoms with Crippen molar-refractivity contribution < 1.29 is 19.1 Å². The standard InChI is InChI=1S/C21H25IN2O4/c22-16-1-3-17(4-2-16)24-18(25)12-28-19(26)11-23-20(27)21-8-13-5-14(9-21)7-15(6-13)10-21/h1-4,13-15H,5-12H2,(H,23,27)(H,24,25). The fourth-order valence-corrected chi connectivity index (χ4v) is 6.02. The molecule has 5 rings (SSSR count). The van der Waals surface area contributed by atoms with Gasteiger partial charge in [0.25, 0.3) is 5.91 Å². The summed E-state index contributed by atoms with van der Waals surface area (Å²) in [6.07, 6.45) is 6.67. The second kappa shape index (κ2) is 8.00. The predicted molar refractivity (Wildman–Crippen MR) is 112 cm³/mol. The van der Waals surface area contributed by atoms with E-state index in [9.17, 15) is 14.4 Å². The molecule has 0 radical (unpaired) electrons. The molecular formula is C21H25IN2O4. The minimum atomic E-state index is -0.587. The van der Waals surface area contributed by atoms with Crippen LogP contribution in [0.1, 0.15) is 38.5 Å². The Balaban J connectivity index is 1.21. The first-order valence-corrected chi connectivity index (χ1v) is 11.0. The van der Waals surface area contributed by atoms with Crippen molar-refractivity contribution in [1.82, 2.24) is 5.32 Å². The Labute approximate surface area is 178 Å². The van der Waals surface area contributed by atoms with Gasteiger partial charge >= 0.3 is 5.97 Å². The zero-order valence-electron chi connectivity index (χ0n) is 15.7. The van der Waals surface area contributed by atoms with E-state index in [1.807, 2.05) is 12.1 Å². The normalized spacial score (nSPS) is 30.0. The van der Waals surface area contributed by atoms with Crippen LogP contribution in [0.5, 0.6) is 0 Å². The summed E-state index contributed by atoms with van der Waals surface area (Å²) in [5.41, 5.74) is 0.369. The third kappa shape index (κ3) is 4.34. The molecule has 7 heteroatoms. The number of hydrogen-bond acceptors (Lipinski definition) is 4. The third-order valence-corrected chi connectivity index (χ3v) is 7.12. The van der Waals surface area contributed by atoms with Crippen LogP contribution < -0.4 is 10.6 Å². The number of carbonyl (C=O) groups is 3. The summed E-state index contributed by atoms with van der Waals surface area (Å²) in [5, 5.41) is 5.44. The highest BCUT2D eigenvalue weighted by atomic mass is 127. The van der Waals surface area contributed by atoms with Crippen molar-refractivity contribution in [2.45, 2.75) is 38.5 Å². The van der Waals surface area contributed by atoms with Crippen LogP contribution in [-0.4, -0.2) is 30.9 Å². The molecule has 0 spiro atoms. The molecule has 150 valence electrons. The highest BCUT2D eigenvalue weighted by molar-refractivity contribution is 14.1. The van der Waals surface area contributed by atoms with Crippen LogP contribution in [0.2, 0.25) is 0 Å². The van der Waals surface area contributed by atoms with Gasteiger partial charge in [0.05, 0.1) is 0 Å². The van der Waals surface area contributed by atoms with Gasteiger partial charge in [0.1, 0.15) is 6.54 Å². The lowest BCUT2D eigenvalue weighted by Gasteiger charge is -2.55. The Bertz CT molecular complexity index is 742. The molecular weight excluding hydrogens is 471 g/mol. The molecule has 0 aromatic heterocycles. The minimum Gasteiger partial charge on any atom is -0.454 e. The molecule has 4 aliphatic carbocycles. The van der Waals surface area contributed by atoms with E-state index in [2.05, 4.69) is 33.2 Å². The van der Waals surface area contributed by atoms with Crippen molar-refractivity contribution in [3.63, 3.8) is 0 Å². The molecule has 1 aromatic rings. The van der Waals surface area contributed by atoms with Gasteiger partial charge in [-0.1, -0.05) is 0 Å². The van der Waals surface area contributed by atoms with E-state index in [0.29, 0.717) is 23.4 Å². The average Bonchev–Trinajstić information content (AvgIpc) is 2.65. The highest BCUT2D eigenvalue weighted by Crippen LogP contribution is 2.60. The number of esters is 1. The Hall–Kier alpha value is -1.64. The molecule has 4 saturated carbocycles. The van der Waals surface area contributed by atoms with Crippen molar-refractivity contribution in [3.8, 4) is 0 Å². The zero-order chi connectivity index (χ0) is 19.7. The van der Waals surface area contributed by atoms with Gasteiger partial charge in [-0.25, -0.2) is 0 Å². The zero-order valence-corrected chi connectivity index (χ0v) is 17.9. The maximum Gasteiger partial charge on any atom is 0.325 e. The Morgan fingerprint density at radius 2 is 1.57 bits per heavy atom. The lowest BCUT2D eigenvalue weighted by atomic mass is 9.49. The van der Waals surface area contributed by atoms with Gasteiger partial charge in [0, 0.05) is 14.7 Å². The lowest BCUT2D eigenvalue weighted by molar-refractivity contribution is -0.152. The second-order valence-electron chi connectivity index (χ2n) is 8.60. The minimum absolute atomic E-state index is 0.00751. The average molecular weight is 496 g/mol. The molecule has 2 N–H and O–H groups in total. The molecule has 6 nitrogen and oxygen atoms in total. The van der Waals surface area contributed by atoms with Crippen molar-refractivity contribution in [3.05, 3.63) is 27.8 Å². The van der Waals surface area contributed by atoms with Gasteiger partial charge in [-0.2, -0.15) is 0 Å². The Morgan fingerprint density at radius 3 is 2.14 bits per heavy atom. The summed E-state index contributed by atoms with van der Waals surface area (Å²) in [4.78, 5) is 36.7. The number of benzene rings is 1. The summed E-state index contributed by atoms with van der Waals surface area (Å²) >= 11 is 2.18. The van der Waals surface area contributed by atoms with Gasteiger partial charge in [-0.05, 0) is 103 Å². The number of nitrogens with one attached hydrogen (secondary N) is 2. The van der Waals surface area contributed by atoms with Crippen LogP contribution in [0.15, 0.2) is 24.3 Å². The lowest BCUT2D eigenvalue weighted by Crippen LogP contribution is -2.54. The quantitative estimate of drug-likeness (QED) is 0.469. The van der Waals surface area contributed by atoms with Crippen molar-refractivity contribution in [2.24, 2.45) is 23.2 Å². The van der Waals surface area contributed by atoms with Crippen LogP contribution in [0.4, 0.5) is 5.69 Å². The van der Waals surface area contributed by atoms with Crippen molar-refractivity contribution >= 4 is 46.1 Å². The molecule has 0 unspecified atom stereocenters. The maximum atomic E-state index is 12.8. The first kappa shape index (κ1) is 19.7. The fraction of sp³-hybridized carbons (Fsp3) is 0.571. The summed E-state index contributed by atoms with van der Waals surface area (Å²) in [6.45, 7) is -0.546. The molecule has 0 atom stereocenters. The van der Waals surface area contributed by atoms with Gasteiger partial charge in [-0.15, -0.1) is 0 Å². The van der Waals surface area contributed by atoms with E-state index in [1.54, 1.807) is 12.1 Å². The number of ether oxygens (including phenoxy) is 1. The first-order chi connectivity index (χ1) is 13.4. The highest BCUT2D eigenvalue weighted by Gasteiger charge is 2.54. The smallest absolute Gasteiger partial charge is 0.325 e. The Morgan fingerprint density at radius 1 is 1.00 bits per heavy atom. The van der Waals surface area contributed by atoms with Crippen LogP contribution in [-0.2, 0) is 19.1 Å².